The normalized spacial score (nSPS) is 12.1. The lowest BCUT2D eigenvalue weighted by Gasteiger charge is -2.11. The molecule has 1 aromatic carbocycles. The van der Waals surface area contributed by atoms with Gasteiger partial charge in [0.15, 0.2) is 4.34 Å². The zero-order valence-corrected chi connectivity index (χ0v) is 16.1. The van der Waals surface area contributed by atoms with Crippen LogP contribution in [0, 0.1) is 0 Å². The van der Waals surface area contributed by atoms with Gasteiger partial charge in [-0.25, -0.2) is 4.98 Å². The van der Waals surface area contributed by atoms with Gasteiger partial charge in [0.05, 0.1) is 33.7 Å². The van der Waals surface area contributed by atoms with E-state index in [1.807, 2.05) is 13.0 Å². The predicted molar refractivity (Wildman–Crippen MR) is 101 cm³/mol. The van der Waals surface area contributed by atoms with Crippen molar-refractivity contribution in [2.45, 2.75) is 17.3 Å². The Balaban J connectivity index is 1.61. The van der Waals surface area contributed by atoms with Crippen LogP contribution < -0.4 is 5.32 Å². The van der Waals surface area contributed by atoms with Crippen molar-refractivity contribution in [3.63, 3.8) is 0 Å². The number of hydrogen-bond donors (Lipinski definition) is 2. The molecule has 130 valence electrons. The van der Waals surface area contributed by atoms with E-state index < -0.39 is 0 Å². The highest BCUT2D eigenvalue weighted by Crippen LogP contribution is 2.28. The first-order valence-corrected chi connectivity index (χ1v) is 9.83. The number of nitrogens with one attached hydrogen (secondary N) is 2. The summed E-state index contributed by atoms with van der Waals surface area (Å²) in [6, 6.07) is 5.10. The lowest BCUT2D eigenvalue weighted by molar-refractivity contribution is -0.119. The predicted octanol–water partition coefficient (Wildman–Crippen LogP) is 4.20. The molecule has 2 N–H and O–H groups in total. The number of nitrogens with zero attached hydrogens (tertiary/aromatic N) is 3. The molecule has 3 rings (SSSR count). The molecule has 1 amide bonds. The number of imidazole rings is 1. The van der Waals surface area contributed by atoms with Crippen LogP contribution in [0.1, 0.15) is 18.8 Å². The SMILES string of the molecule is C[C@H](NC(=O)CSc1nncs1)c1ncc(-c2ccc(Cl)c(Cl)c2)[nH]1. The van der Waals surface area contributed by atoms with Crippen LogP contribution in [0.3, 0.4) is 0 Å². The maximum absolute atomic E-state index is 12.0. The summed E-state index contributed by atoms with van der Waals surface area (Å²) in [4.78, 5) is 19.6. The van der Waals surface area contributed by atoms with E-state index in [4.69, 9.17) is 23.2 Å². The molecule has 3 aromatic rings. The number of rotatable bonds is 6. The number of halogens is 2. The lowest BCUT2D eigenvalue weighted by Crippen LogP contribution is -2.28. The molecule has 0 radical (unpaired) electrons. The Hall–Kier alpha value is -1.61. The van der Waals surface area contributed by atoms with Crippen molar-refractivity contribution >= 4 is 52.2 Å². The smallest absolute Gasteiger partial charge is 0.231 e. The Bertz CT molecular complexity index is 869. The minimum atomic E-state index is -0.251. The largest absolute Gasteiger partial charge is 0.346 e. The van der Waals surface area contributed by atoms with Crippen LogP contribution in [0.25, 0.3) is 11.3 Å². The van der Waals surface area contributed by atoms with Gasteiger partial charge in [0.1, 0.15) is 11.3 Å². The van der Waals surface area contributed by atoms with E-state index in [0.717, 1.165) is 15.6 Å². The average Bonchev–Trinajstić information content (AvgIpc) is 3.27. The zero-order valence-electron chi connectivity index (χ0n) is 13.0. The number of hydrogen-bond acceptors (Lipinski definition) is 6. The first-order valence-electron chi connectivity index (χ1n) is 7.21. The maximum Gasteiger partial charge on any atom is 0.231 e. The van der Waals surface area contributed by atoms with Crippen molar-refractivity contribution in [2.75, 3.05) is 5.75 Å². The van der Waals surface area contributed by atoms with Crippen LogP contribution in [-0.2, 0) is 4.79 Å². The Morgan fingerprint density at radius 3 is 2.96 bits per heavy atom. The summed E-state index contributed by atoms with van der Waals surface area (Å²) in [5.41, 5.74) is 3.31. The molecule has 25 heavy (non-hydrogen) atoms. The first-order chi connectivity index (χ1) is 12.0. The number of amides is 1. The molecule has 1 atom stereocenters. The highest BCUT2D eigenvalue weighted by Gasteiger charge is 2.14. The molecule has 0 aliphatic heterocycles. The van der Waals surface area contributed by atoms with Gasteiger partial charge in [-0.05, 0) is 19.1 Å². The molecule has 0 aliphatic rings. The molecule has 0 aliphatic carbocycles. The molecule has 0 unspecified atom stereocenters. The van der Waals surface area contributed by atoms with Gasteiger partial charge in [-0.2, -0.15) is 0 Å². The van der Waals surface area contributed by atoms with E-state index in [0.29, 0.717) is 15.9 Å². The second-order valence-corrected chi connectivity index (χ2v) is 7.96. The van der Waals surface area contributed by atoms with Crippen molar-refractivity contribution in [3.8, 4) is 11.3 Å². The summed E-state index contributed by atoms with van der Waals surface area (Å²) in [6.07, 6.45) is 1.70. The number of benzene rings is 1. The van der Waals surface area contributed by atoms with Gasteiger partial charge < -0.3 is 10.3 Å². The van der Waals surface area contributed by atoms with Crippen LogP contribution in [0.15, 0.2) is 34.2 Å². The number of carbonyl (C=O) groups is 1. The van der Waals surface area contributed by atoms with Crippen LogP contribution in [0.4, 0.5) is 0 Å². The van der Waals surface area contributed by atoms with Gasteiger partial charge in [0, 0.05) is 5.56 Å². The standard InChI is InChI=1S/C15H13Cl2N5OS2/c1-8(20-13(23)6-24-15-22-19-7-25-15)14-18-5-12(21-14)9-2-3-10(16)11(17)4-9/h2-5,7-8H,6H2,1H3,(H,18,21)(H,20,23)/t8-/m0/s1. The first kappa shape index (κ1) is 18.2. The monoisotopic (exact) mass is 413 g/mol. The van der Waals surface area contributed by atoms with Gasteiger partial charge >= 0.3 is 0 Å². The lowest BCUT2D eigenvalue weighted by atomic mass is 10.2. The third-order valence-electron chi connectivity index (χ3n) is 3.28. The van der Waals surface area contributed by atoms with E-state index in [1.165, 1.54) is 23.1 Å². The molecule has 0 fully saturated rings. The summed E-state index contributed by atoms with van der Waals surface area (Å²) in [7, 11) is 0. The van der Waals surface area contributed by atoms with Crippen LogP contribution >= 0.6 is 46.3 Å². The summed E-state index contributed by atoms with van der Waals surface area (Å²) < 4.78 is 0.766. The van der Waals surface area contributed by atoms with E-state index >= 15 is 0 Å². The molecule has 0 saturated carbocycles. The Morgan fingerprint density at radius 1 is 1.40 bits per heavy atom. The highest BCUT2D eigenvalue weighted by molar-refractivity contribution is 8.01. The Morgan fingerprint density at radius 2 is 2.24 bits per heavy atom. The fourth-order valence-corrected chi connectivity index (χ4v) is 3.67. The van der Waals surface area contributed by atoms with Crippen molar-refractivity contribution in [2.24, 2.45) is 0 Å². The van der Waals surface area contributed by atoms with E-state index in [9.17, 15) is 4.79 Å². The highest BCUT2D eigenvalue weighted by atomic mass is 35.5. The quantitative estimate of drug-likeness (QED) is 0.591. The third kappa shape index (κ3) is 4.72. The summed E-state index contributed by atoms with van der Waals surface area (Å²) in [6.45, 7) is 1.87. The molecule has 2 aromatic heterocycles. The van der Waals surface area contributed by atoms with Crippen LogP contribution in [0.2, 0.25) is 10.0 Å². The van der Waals surface area contributed by atoms with Crippen molar-refractivity contribution in [1.82, 2.24) is 25.5 Å². The van der Waals surface area contributed by atoms with E-state index in [-0.39, 0.29) is 17.7 Å². The van der Waals surface area contributed by atoms with Crippen LogP contribution in [0.5, 0.6) is 0 Å². The molecule has 0 saturated heterocycles. The summed E-state index contributed by atoms with van der Waals surface area (Å²) in [5.74, 6) is 0.843. The van der Waals surface area contributed by atoms with E-state index in [2.05, 4.69) is 25.5 Å². The minimum absolute atomic E-state index is 0.0970. The van der Waals surface area contributed by atoms with Gasteiger partial charge in [0.25, 0.3) is 0 Å². The van der Waals surface area contributed by atoms with Crippen LogP contribution in [-0.4, -0.2) is 31.8 Å². The summed E-state index contributed by atoms with van der Waals surface area (Å²) in [5, 5.41) is 11.5. The van der Waals surface area contributed by atoms with Gasteiger partial charge in [-0.15, -0.1) is 10.2 Å². The number of aromatic nitrogens is 4. The van der Waals surface area contributed by atoms with E-state index in [1.54, 1.807) is 23.8 Å². The molecule has 6 nitrogen and oxygen atoms in total. The molecular formula is C15H13Cl2N5OS2. The second kappa shape index (κ2) is 8.18. The number of aromatic amines is 1. The van der Waals surface area contributed by atoms with Crippen molar-refractivity contribution < 1.29 is 4.79 Å². The zero-order chi connectivity index (χ0) is 17.8. The van der Waals surface area contributed by atoms with Gasteiger partial charge in [0.2, 0.25) is 5.91 Å². The maximum atomic E-state index is 12.0. The third-order valence-corrected chi connectivity index (χ3v) is 5.88. The molecule has 0 bridgehead atoms. The molecular weight excluding hydrogens is 401 g/mol. The number of thioether (sulfide) groups is 1. The average molecular weight is 414 g/mol. The minimum Gasteiger partial charge on any atom is -0.346 e. The topological polar surface area (TPSA) is 83.6 Å². The van der Waals surface area contributed by atoms with Gasteiger partial charge in [-0.3, -0.25) is 4.79 Å². The molecule has 0 spiro atoms. The summed E-state index contributed by atoms with van der Waals surface area (Å²) >= 11 is 14.7. The number of H-pyrrole nitrogens is 1. The fourth-order valence-electron chi connectivity index (χ4n) is 2.07. The van der Waals surface area contributed by atoms with Crippen molar-refractivity contribution in [3.05, 3.63) is 45.8 Å². The van der Waals surface area contributed by atoms with Crippen molar-refractivity contribution in [1.29, 1.82) is 0 Å². The molecule has 2 heterocycles. The Kier molecular flexibility index (Phi) is 5.95. The molecule has 10 heteroatoms. The Labute approximate surface area is 162 Å². The van der Waals surface area contributed by atoms with Gasteiger partial charge in [-0.1, -0.05) is 52.4 Å². The fraction of sp³-hybridized carbons (Fsp3) is 0.200. The number of carbonyl (C=O) groups excluding carboxylic acids is 1. The second-order valence-electron chi connectivity index (χ2n) is 5.09.